The summed E-state index contributed by atoms with van der Waals surface area (Å²) in [6.07, 6.45) is 1.71. The highest BCUT2D eigenvalue weighted by molar-refractivity contribution is 6.12. The quantitative estimate of drug-likeness (QED) is 0.652. The molecule has 0 saturated heterocycles. The lowest BCUT2D eigenvalue weighted by molar-refractivity contribution is 0.420. The zero-order chi connectivity index (χ0) is 11.1. The van der Waals surface area contributed by atoms with Crippen LogP contribution in [0.4, 0.5) is 5.82 Å². The SMILES string of the molecule is COc1cccc2[nH]c3c(N)nccc3c12. The zero-order valence-corrected chi connectivity index (χ0v) is 8.82. The standard InChI is InChI=1S/C12H11N3O/c1-16-9-4-2-3-8-10(9)7-5-6-14-12(13)11(7)15-8/h2-6,15H,1H3,(H2,13,14). The maximum atomic E-state index is 5.83. The molecule has 0 fully saturated rings. The largest absolute Gasteiger partial charge is 0.496 e. The number of nitrogens with one attached hydrogen (secondary N) is 1. The van der Waals surface area contributed by atoms with Crippen molar-refractivity contribution in [2.45, 2.75) is 0 Å². The van der Waals surface area contributed by atoms with E-state index >= 15 is 0 Å². The number of pyridine rings is 1. The lowest BCUT2D eigenvalue weighted by atomic mass is 10.1. The summed E-state index contributed by atoms with van der Waals surface area (Å²) in [4.78, 5) is 7.32. The first-order chi connectivity index (χ1) is 7.81. The number of rotatable bonds is 1. The molecule has 0 radical (unpaired) electrons. The highest BCUT2D eigenvalue weighted by Crippen LogP contribution is 2.33. The molecule has 0 unspecified atom stereocenters. The lowest BCUT2D eigenvalue weighted by Crippen LogP contribution is -1.89. The zero-order valence-electron chi connectivity index (χ0n) is 8.82. The molecule has 1 aromatic carbocycles. The molecule has 0 amide bonds. The van der Waals surface area contributed by atoms with Gasteiger partial charge in [-0.05, 0) is 18.2 Å². The van der Waals surface area contributed by atoms with Crippen LogP contribution in [0.15, 0.2) is 30.5 Å². The molecule has 3 rings (SSSR count). The van der Waals surface area contributed by atoms with Gasteiger partial charge in [-0.15, -0.1) is 0 Å². The second kappa shape index (κ2) is 3.13. The van der Waals surface area contributed by atoms with Crippen LogP contribution < -0.4 is 10.5 Å². The molecular weight excluding hydrogens is 202 g/mol. The minimum Gasteiger partial charge on any atom is -0.496 e. The van der Waals surface area contributed by atoms with Crippen molar-refractivity contribution in [1.82, 2.24) is 9.97 Å². The van der Waals surface area contributed by atoms with Crippen LogP contribution in [0.2, 0.25) is 0 Å². The van der Waals surface area contributed by atoms with E-state index in [4.69, 9.17) is 10.5 Å². The van der Waals surface area contributed by atoms with Crippen LogP contribution in [-0.2, 0) is 0 Å². The molecule has 2 heterocycles. The number of ether oxygens (including phenoxy) is 1. The number of nitrogens with zero attached hydrogens (tertiary/aromatic N) is 1. The molecule has 3 N–H and O–H groups in total. The van der Waals surface area contributed by atoms with Crippen molar-refractivity contribution in [3.8, 4) is 5.75 Å². The Labute approximate surface area is 92.0 Å². The summed E-state index contributed by atoms with van der Waals surface area (Å²) in [7, 11) is 1.66. The molecule has 0 aliphatic rings. The fourth-order valence-corrected chi connectivity index (χ4v) is 2.04. The van der Waals surface area contributed by atoms with Crippen molar-refractivity contribution < 1.29 is 4.74 Å². The second-order valence-corrected chi connectivity index (χ2v) is 3.63. The van der Waals surface area contributed by atoms with Crippen molar-refractivity contribution in [1.29, 1.82) is 0 Å². The van der Waals surface area contributed by atoms with Gasteiger partial charge in [-0.1, -0.05) is 6.07 Å². The van der Waals surface area contributed by atoms with Gasteiger partial charge in [0, 0.05) is 17.0 Å². The molecule has 2 aromatic heterocycles. The molecule has 80 valence electrons. The number of fused-ring (bicyclic) bond motifs is 3. The van der Waals surface area contributed by atoms with Crippen LogP contribution in [0.1, 0.15) is 0 Å². The fraction of sp³-hybridized carbons (Fsp3) is 0.0833. The van der Waals surface area contributed by atoms with Crippen LogP contribution in [0.25, 0.3) is 21.8 Å². The highest BCUT2D eigenvalue weighted by atomic mass is 16.5. The number of H-pyrrole nitrogens is 1. The number of anilines is 1. The molecule has 0 aliphatic carbocycles. The highest BCUT2D eigenvalue weighted by Gasteiger charge is 2.10. The first kappa shape index (κ1) is 9.03. The van der Waals surface area contributed by atoms with E-state index in [-0.39, 0.29) is 0 Å². The number of nitrogens with two attached hydrogens (primary N) is 1. The summed E-state index contributed by atoms with van der Waals surface area (Å²) in [6.45, 7) is 0. The number of methoxy groups -OCH3 is 1. The Morgan fingerprint density at radius 1 is 1.31 bits per heavy atom. The van der Waals surface area contributed by atoms with Gasteiger partial charge in [0.05, 0.1) is 18.1 Å². The van der Waals surface area contributed by atoms with Gasteiger partial charge in [0.15, 0.2) is 0 Å². The monoisotopic (exact) mass is 213 g/mol. The average molecular weight is 213 g/mol. The van der Waals surface area contributed by atoms with Gasteiger partial charge in [-0.25, -0.2) is 4.98 Å². The molecule has 0 saturated carbocycles. The molecule has 0 spiro atoms. The predicted molar refractivity (Wildman–Crippen MR) is 64.6 cm³/mol. The summed E-state index contributed by atoms with van der Waals surface area (Å²) in [5.74, 6) is 1.35. The Morgan fingerprint density at radius 3 is 3.00 bits per heavy atom. The summed E-state index contributed by atoms with van der Waals surface area (Å²) in [5.41, 5.74) is 7.70. The normalized spacial score (nSPS) is 11.1. The number of aromatic nitrogens is 2. The number of hydrogen-bond acceptors (Lipinski definition) is 3. The summed E-state index contributed by atoms with van der Waals surface area (Å²) < 4.78 is 5.35. The van der Waals surface area contributed by atoms with Gasteiger partial charge in [-0.3, -0.25) is 0 Å². The second-order valence-electron chi connectivity index (χ2n) is 3.63. The number of aromatic amines is 1. The van der Waals surface area contributed by atoms with Crippen LogP contribution in [0, 0.1) is 0 Å². The molecular formula is C12H11N3O. The smallest absolute Gasteiger partial charge is 0.147 e. The van der Waals surface area contributed by atoms with Crippen molar-refractivity contribution in [2.24, 2.45) is 0 Å². The molecule has 4 heteroatoms. The van der Waals surface area contributed by atoms with E-state index in [0.717, 1.165) is 27.6 Å². The third-order valence-electron chi connectivity index (χ3n) is 2.76. The number of nitrogen functional groups attached to an aromatic ring is 1. The average Bonchev–Trinajstić information content (AvgIpc) is 2.69. The third kappa shape index (κ3) is 1.07. The van der Waals surface area contributed by atoms with Gasteiger partial charge in [0.2, 0.25) is 0 Å². The number of hydrogen-bond donors (Lipinski definition) is 2. The van der Waals surface area contributed by atoms with Gasteiger partial charge >= 0.3 is 0 Å². The maximum absolute atomic E-state index is 5.83. The van der Waals surface area contributed by atoms with E-state index < -0.39 is 0 Å². The summed E-state index contributed by atoms with van der Waals surface area (Å²) >= 11 is 0. The van der Waals surface area contributed by atoms with Crippen molar-refractivity contribution in [2.75, 3.05) is 12.8 Å². The van der Waals surface area contributed by atoms with Gasteiger partial charge in [-0.2, -0.15) is 0 Å². The maximum Gasteiger partial charge on any atom is 0.147 e. The summed E-state index contributed by atoms with van der Waals surface area (Å²) in [5, 5.41) is 2.09. The Bertz CT molecular complexity index is 672. The minimum absolute atomic E-state index is 0.510. The number of benzene rings is 1. The lowest BCUT2D eigenvalue weighted by Gasteiger charge is -2.01. The predicted octanol–water partition coefficient (Wildman–Crippen LogP) is 2.31. The molecule has 3 aromatic rings. The minimum atomic E-state index is 0.510. The molecule has 4 nitrogen and oxygen atoms in total. The topological polar surface area (TPSA) is 63.9 Å². The first-order valence-electron chi connectivity index (χ1n) is 5.00. The Kier molecular flexibility index (Phi) is 1.77. The van der Waals surface area contributed by atoms with E-state index in [0.29, 0.717) is 5.82 Å². The van der Waals surface area contributed by atoms with Crippen molar-refractivity contribution >= 4 is 27.6 Å². The Balaban J connectivity index is 2.57. The van der Waals surface area contributed by atoms with Gasteiger partial charge in [0.1, 0.15) is 11.6 Å². The Hall–Kier alpha value is -2.23. The van der Waals surface area contributed by atoms with Crippen LogP contribution in [0.3, 0.4) is 0 Å². The van der Waals surface area contributed by atoms with Crippen molar-refractivity contribution in [3.05, 3.63) is 30.5 Å². The van der Waals surface area contributed by atoms with Crippen LogP contribution >= 0.6 is 0 Å². The van der Waals surface area contributed by atoms with Crippen LogP contribution in [0.5, 0.6) is 5.75 Å². The first-order valence-corrected chi connectivity index (χ1v) is 5.00. The molecule has 16 heavy (non-hydrogen) atoms. The van der Waals surface area contributed by atoms with E-state index in [1.165, 1.54) is 0 Å². The molecule has 0 atom stereocenters. The van der Waals surface area contributed by atoms with Gasteiger partial charge < -0.3 is 15.5 Å². The fourth-order valence-electron chi connectivity index (χ4n) is 2.04. The molecule has 0 bridgehead atoms. The van der Waals surface area contributed by atoms with Gasteiger partial charge in [0.25, 0.3) is 0 Å². The van der Waals surface area contributed by atoms with E-state index in [1.54, 1.807) is 13.3 Å². The van der Waals surface area contributed by atoms with E-state index in [1.807, 2.05) is 24.3 Å². The van der Waals surface area contributed by atoms with Crippen molar-refractivity contribution in [3.63, 3.8) is 0 Å². The van der Waals surface area contributed by atoms with E-state index in [9.17, 15) is 0 Å². The van der Waals surface area contributed by atoms with Crippen LogP contribution in [-0.4, -0.2) is 17.1 Å². The summed E-state index contributed by atoms with van der Waals surface area (Å²) in [6, 6.07) is 7.82. The Morgan fingerprint density at radius 2 is 2.19 bits per heavy atom. The molecule has 0 aliphatic heterocycles. The third-order valence-corrected chi connectivity index (χ3v) is 2.76. The van der Waals surface area contributed by atoms with E-state index in [2.05, 4.69) is 9.97 Å².